The van der Waals surface area contributed by atoms with Gasteiger partial charge in [-0.05, 0) is 62.0 Å². The van der Waals surface area contributed by atoms with E-state index in [1.807, 2.05) is 49.2 Å². The number of benzene rings is 3. The molecule has 3 aromatic carbocycles. The van der Waals surface area contributed by atoms with Crippen molar-refractivity contribution in [3.8, 4) is 5.75 Å². The summed E-state index contributed by atoms with van der Waals surface area (Å²) in [4.78, 5) is 32.7. The number of nitrogens with zero attached hydrogens (tertiary/aromatic N) is 2. The number of amides is 1. The molecule has 0 spiro atoms. The molecule has 0 heterocycles. The Balaban J connectivity index is 0.000000798. The van der Waals surface area contributed by atoms with Crippen LogP contribution in [0.1, 0.15) is 12.5 Å². The number of aliphatic carboxylic acids is 2. The number of likely N-dealkylation sites (N-methyl/N-ethyl adjacent to an activating group) is 1. The third-order valence-corrected chi connectivity index (χ3v) is 6.96. The van der Waals surface area contributed by atoms with Crippen LogP contribution in [0, 0.1) is 0 Å². The number of carboxylic acids is 2. The van der Waals surface area contributed by atoms with Crippen molar-refractivity contribution in [2.45, 2.75) is 18.4 Å². The number of ether oxygens (including phenoxy) is 1. The zero-order chi connectivity index (χ0) is 29.0. The molecule has 0 aliphatic carbocycles. The van der Waals surface area contributed by atoms with Crippen molar-refractivity contribution in [3.05, 3.63) is 84.4 Å². The molecule has 3 aromatic rings. The van der Waals surface area contributed by atoms with E-state index in [9.17, 15) is 13.2 Å². The second-order valence-electron chi connectivity index (χ2n) is 8.24. The predicted octanol–water partition coefficient (Wildman–Crippen LogP) is 3.14. The third-order valence-electron chi connectivity index (χ3n) is 5.18. The highest BCUT2D eigenvalue weighted by molar-refractivity contribution is 7.92. The van der Waals surface area contributed by atoms with E-state index in [2.05, 4.69) is 5.32 Å². The van der Waals surface area contributed by atoms with Gasteiger partial charge in [0.25, 0.3) is 10.0 Å². The summed E-state index contributed by atoms with van der Waals surface area (Å²) < 4.78 is 32.7. The molecular weight excluding hydrogens is 526 g/mol. The van der Waals surface area contributed by atoms with E-state index in [4.69, 9.17) is 24.5 Å². The number of sulfonamides is 1. The predicted molar refractivity (Wildman–Crippen MR) is 146 cm³/mol. The van der Waals surface area contributed by atoms with Crippen LogP contribution in [0.5, 0.6) is 5.75 Å². The molecule has 3 rings (SSSR count). The van der Waals surface area contributed by atoms with Gasteiger partial charge in [-0.1, -0.05) is 36.4 Å². The Hall–Kier alpha value is -4.42. The van der Waals surface area contributed by atoms with Crippen LogP contribution in [0.15, 0.2) is 83.8 Å². The molecule has 208 valence electrons. The molecule has 0 aliphatic heterocycles. The lowest BCUT2D eigenvalue weighted by Crippen LogP contribution is -2.30. The van der Waals surface area contributed by atoms with Gasteiger partial charge in [-0.3, -0.25) is 14.0 Å². The van der Waals surface area contributed by atoms with Crippen LogP contribution >= 0.6 is 0 Å². The van der Waals surface area contributed by atoms with Crippen molar-refractivity contribution < 1.29 is 37.8 Å². The summed E-state index contributed by atoms with van der Waals surface area (Å²) in [5.74, 6) is -3.06. The minimum absolute atomic E-state index is 0.106. The molecule has 12 heteroatoms. The molecule has 0 saturated heterocycles. The molecular formula is C27H31N3O8S. The Bertz CT molecular complexity index is 1350. The van der Waals surface area contributed by atoms with Crippen LogP contribution in [0.3, 0.4) is 0 Å². The highest BCUT2D eigenvalue weighted by Crippen LogP contribution is 2.23. The van der Waals surface area contributed by atoms with E-state index in [0.29, 0.717) is 24.5 Å². The van der Waals surface area contributed by atoms with Crippen molar-refractivity contribution in [1.29, 1.82) is 0 Å². The molecule has 11 nitrogen and oxygen atoms in total. The van der Waals surface area contributed by atoms with Gasteiger partial charge >= 0.3 is 11.9 Å². The number of carboxylic acid groups (broad SMARTS) is 2. The lowest BCUT2D eigenvalue weighted by molar-refractivity contribution is -0.159. The lowest BCUT2D eigenvalue weighted by atomic mass is 10.2. The smallest absolute Gasteiger partial charge is 0.414 e. The fraction of sp³-hybridized carbons (Fsp3) is 0.222. The summed E-state index contributed by atoms with van der Waals surface area (Å²) in [7, 11) is -0.402. The average Bonchev–Trinajstić information content (AvgIpc) is 2.90. The second-order valence-corrected chi connectivity index (χ2v) is 10.2. The van der Waals surface area contributed by atoms with Gasteiger partial charge in [0.15, 0.2) is 0 Å². The highest BCUT2D eigenvalue weighted by Gasteiger charge is 2.21. The van der Waals surface area contributed by atoms with Crippen LogP contribution < -0.4 is 14.4 Å². The number of rotatable bonds is 10. The monoisotopic (exact) mass is 557 g/mol. The summed E-state index contributed by atoms with van der Waals surface area (Å²) in [6.45, 7) is 3.31. The molecule has 3 N–H and O–H groups in total. The first-order chi connectivity index (χ1) is 18.4. The number of carbonyl (C=O) groups excluding carboxylic acids is 1. The molecule has 0 unspecified atom stereocenters. The van der Waals surface area contributed by atoms with Gasteiger partial charge in [0, 0.05) is 19.3 Å². The number of anilines is 2. The maximum Gasteiger partial charge on any atom is 0.414 e. The molecule has 0 saturated carbocycles. The zero-order valence-corrected chi connectivity index (χ0v) is 22.6. The second kappa shape index (κ2) is 14.5. The third kappa shape index (κ3) is 9.76. The Morgan fingerprint density at radius 1 is 0.872 bits per heavy atom. The minimum Gasteiger partial charge on any atom is -0.494 e. The van der Waals surface area contributed by atoms with Crippen molar-refractivity contribution in [2.75, 3.05) is 36.9 Å². The average molecular weight is 558 g/mol. The molecule has 0 aliphatic rings. The fourth-order valence-electron chi connectivity index (χ4n) is 3.34. The van der Waals surface area contributed by atoms with Crippen LogP contribution in [-0.2, 0) is 31.0 Å². The Morgan fingerprint density at radius 2 is 1.49 bits per heavy atom. The van der Waals surface area contributed by atoms with Gasteiger partial charge in [0.05, 0.1) is 23.7 Å². The van der Waals surface area contributed by atoms with Crippen LogP contribution in [0.4, 0.5) is 11.4 Å². The van der Waals surface area contributed by atoms with Gasteiger partial charge < -0.3 is 20.3 Å². The maximum absolute atomic E-state index is 13.0. The van der Waals surface area contributed by atoms with E-state index >= 15 is 0 Å². The lowest BCUT2D eigenvalue weighted by Gasteiger charge is -2.20. The van der Waals surface area contributed by atoms with Crippen LogP contribution in [-0.4, -0.2) is 68.6 Å². The first kappa shape index (κ1) is 30.8. The van der Waals surface area contributed by atoms with Crippen LogP contribution in [0.25, 0.3) is 0 Å². The van der Waals surface area contributed by atoms with Crippen molar-refractivity contribution in [1.82, 2.24) is 4.90 Å². The fourth-order valence-corrected chi connectivity index (χ4v) is 4.58. The normalized spacial score (nSPS) is 10.7. The molecule has 0 radical (unpaired) electrons. The number of para-hydroxylation sites is 1. The van der Waals surface area contributed by atoms with E-state index in [-0.39, 0.29) is 17.3 Å². The van der Waals surface area contributed by atoms with E-state index in [1.54, 1.807) is 36.4 Å². The van der Waals surface area contributed by atoms with Crippen molar-refractivity contribution >= 4 is 39.2 Å². The highest BCUT2D eigenvalue weighted by atomic mass is 32.2. The Labute approximate surface area is 227 Å². The van der Waals surface area contributed by atoms with E-state index in [1.165, 1.54) is 23.5 Å². The quantitative estimate of drug-likeness (QED) is 0.319. The molecule has 0 aromatic heterocycles. The van der Waals surface area contributed by atoms with Crippen molar-refractivity contribution in [3.63, 3.8) is 0 Å². The van der Waals surface area contributed by atoms with Gasteiger partial charge in [0.1, 0.15) is 5.75 Å². The van der Waals surface area contributed by atoms with Gasteiger partial charge in [-0.2, -0.15) is 0 Å². The van der Waals surface area contributed by atoms with E-state index in [0.717, 1.165) is 11.3 Å². The number of nitrogens with one attached hydrogen (secondary N) is 1. The van der Waals surface area contributed by atoms with Crippen LogP contribution in [0.2, 0.25) is 0 Å². The Morgan fingerprint density at radius 3 is 2.05 bits per heavy atom. The maximum atomic E-state index is 13.0. The Kier molecular flexibility index (Phi) is 11.5. The summed E-state index contributed by atoms with van der Waals surface area (Å²) >= 11 is 0. The topological polar surface area (TPSA) is 154 Å². The largest absolute Gasteiger partial charge is 0.494 e. The number of hydrogen-bond acceptors (Lipinski definition) is 7. The van der Waals surface area contributed by atoms with Gasteiger partial charge in [0.2, 0.25) is 5.91 Å². The molecule has 1 amide bonds. The number of hydrogen-bond donors (Lipinski definition) is 3. The van der Waals surface area contributed by atoms with Crippen molar-refractivity contribution in [2.24, 2.45) is 0 Å². The standard InChI is InChI=1S/C25H29N3O4S.C2H2O4/c1-4-32-23-15-13-20(14-16-23)18-27(2)19-25(29)26-21-9-8-12-24(17-21)33(30,31)28(3)22-10-6-5-7-11-22;3-1(4)2(5)6/h5-17H,4,18-19H2,1-3H3,(H,26,29);(H,3,4)(H,5,6). The first-order valence-electron chi connectivity index (χ1n) is 11.7. The molecule has 39 heavy (non-hydrogen) atoms. The molecule has 0 atom stereocenters. The van der Waals surface area contributed by atoms with E-state index < -0.39 is 22.0 Å². The number of carbonyl (C=O) groups is 3. The zero-order valence-electron chi connectivity index (χ0n) is 21.8. The SMILES string of the molecule is CCOc1ccc(CN(C)CC(=O)Nc2cccc(S(=O)(=O)N(C)c3ccccc3)c2)cc1.O=C(O)C(=O)O. The first-order valence-corrected chi connectivity index (χ1v) is 13.2. The van der Waals surface area contributed by atoms with Gasteiger partial charge in [-0.25, -0.2) is 18.0 Å². The summed E-state index contributed by atoms with van der Waals surface area (Å²) in [5.41, 5.74) is 2.05. The minimum atomic E-state index is -3.76. The summed E-state index contributed by atoms with van der Waals surface area (Å²) in [6, 6.07) is 22.9. The summed E-state index contributed by atoms with van der Waals surface area (Å²) in [5, 5.41) is 17.6. The summed E-state index contributed by atoms with van der Waals surface area (Å²) in [6.07, 6.45) is 0. The molecule has 0 fully saturated rings. The molecule has 0 bridgehead atoms. The van der Waals surface area contributed by atoms with Gasteiger partial charge in [-0.15, -0.1) is 0 Å².